The number of aromatic nitrogens is 1. The fourth-order valence-corrected chi connectivity index (χ4v) is 3.78. The molecule has 0 bridgehead atoms. The van der Waals surface area contributed by atoms with Gasteiger partial charge in [0.05, 0.1) is 0 Å². The second-order valence-electron chi connectivity index (χ2n) is 7.16. The van der Waals surface area contributed by atoms with Gasteiger partial charge < -0.3 is 14.4 Å². The number of benzene rings is 2. The molecule has 2 aromatic carbocycles. The number of rotatable bonds is 3. The maximum atomic E-state index is 12.8. The maximum Gasteiger partial charge on any atom is 0.242 e. The highest BCUT2D eigenvalue weighted by Crippen LogP contribution is 2.23. The van der Waals surface area contributed by atoms with Crippen LogP contribution in [0.4, 0.5) is 5.69 Å². The third-order valence-electron chi connectivity index (χ3n) is 5.32. The number of carbonyl (C=O) groups is 1. The number of hydrogen-bond donors (Lipinski definition) is 0. The number of nitrogens with zero attached hydrogens (tertiary/aromatic N) is 3. The van der Waals surface area contributed by atoms with E-state index in [1.165, 1.54) is 22.2 Å². The molecule has 1 aliphatic heterocycles. The lowest BCUT2D eigenvalue weighted by atomic mass is 10.1. The van der Waals surface area contributed by atoms with E-state index in [-0.39, 0.29) is 5.91 Å². The zero-order valence-electron chi connectivity index (χ0n) is 15.5. The molecule has 4 heteroatoms. The minimum absolute atomic E-state index is 0.201. The van der Waals surface area contributed by atoms with Crippen LogP contribution in [-0.2, 0) is 11.3 Å². The van der Waals surface area contributed by atoms with Gasteiger partial charge in [-0.1, -0.05) is 30.3 Å². The summed E-state index contributed by atoms with van der Waals surface area (Å²) in [5.41, 5.74) is 5.00. The highest BCUT2D eigenvalue weighted by atomic mass is 16.2. The molecule has 134 valence electrons. The van der Waals surface area contributed by atoms with Gasteiger partial charge in [0.2, 0.25) is 5.91 Å². The summed E-state index contributed by atoms with van der Waals surface area (Å²) < 4.78 is 2.05. The van der Waals surface area contributed by atoms with E-state index < -0.39 is 0 Å². The van der Waals surface area contributed by atoms with Crippen LogP contribution in [0.1, 0.15) is 11.1 Å². The normalized spacial score (nSPS) is 14.8. The Balaban J connectivity index is 1.41. The van der Waals surface area contributed by atoms with E-state index >= 15 is 0 Å². The minimum Gasteiger partial charge on any atom is -0.368 e. The first kappa shape index (κ1) is 16.7. The van der Waals surface area contributed by atoms with Gasteiger partial charge in [-0.15, -0.1) is 0 Å². The summed E-state index contributed by atoms with van der Waals surface area (Å²) in [6, 6.07) is 16.9. The monoisotopic (exact) mass is 347 g/mol. The number of carbonyl (C=O) groups excluding carboxylic acids is 1. The summed E-state index contributed by atoms with van der Waals surface area (Å²) in [5, 5.41) is 1.18. The van der Waals surface area contributed by atoms with Crippen molar-refractivity contribution in [1.82, 2.24) is 9.47 Å². The van der Waals surface area contributed by atoms with E-state index in [1.54, 1.807) is 0 Å². The highest BCUT2D eigenvalue weighted by molar-refractivity contribution is 5.83. The van der Waals surface area contributed by atoms with Gasteiger partial charge in [0, 0.05) is 43.6 Å². The predicted octanol–water partition coefficient (Wildman–Crippen LogP) is 3.61. The van der Waals surface area contributed by atoms with Gasteiger partial charge in [-0.2, -0.15) is 0 Å². The molecule has 26 heavy (non-hydrogen) atoms. The molecule has 0 unspecified atom stereocenters. The van der Waals surface area contributed by atoms with Crippen molar-refractivity contribution in [3.63, 3.8) is 0 Å². The molecule has 4 rings (SSSR count). The fourth-order valence-electron chi connectivity index (χ4n) is 3.78. The van der Waals surface area contributed by atoms with E-state index in [9.17, 15) is 4.79 Å². The molecule has 3 aromatic rings. The smallest absolute Gasteiger partial charge is 0.242 e. The molecule has 4 nitrogen and oxygen atoms in total. The Labute approximate surface area is 154 Å². The Hall–Kier alpha value is -2.75. The first-order chi connectivity index (χ1) is 12.6. The van der Waals surface area contributed by atoms with Crippen LogP contribution in [0.15, 0.2) is 54.7 Å². The van der Waals surface area contributed by atoms with E-state index in [0.717, 1.165) is 31.7 Å². The number of para-hydroxylation sites is 1. The molecule has 0 spiro atoms. The second-order valence-corrected chi connectivity index (χ2v) is 7.16. The van der Waals surface area contributed by atoms with Crippen LogP contribution in [0.5, 0.6) is 0 Å². The number of piperazine rings is 1. The molecule has 1 aromatic heterocycles. The van der Waals surface area contributed by atoms with Crippen molar-refractivity contribution < 1.29 is 4.79 Å². The van der Waals surface area contributed by atoms with Crippen molar-refractivity contribution in [3.8, 4) is 0 Å². The summed E-state index contributed by atoms with van der Waals surface area (Å²) in [5.74, 6) is 0.201. The standard InChI is InChI=1S/C22H25N3O/c1-17-7-8-18(2)21(15-17)23-11-13-24(14-12-23)22(26)16-25-10-9-19-5-3-4-6-20(19)25/h3-10,15H,11-14,16H2,1-2H3. The Morgan fingerprint density at radius 3 is 2.54 bits per heavy atom. The SMILES string of the molecule is Cc1ccc(C)c(N2CCN(C(=O)Cn3ccc4ccccc43)CC2)c1. The Kier molecular flexibility index (Phi) is 4.41. The van der Waals surface area contributed by atoms with Crippen LogP contribution in [0.25, 0.3) is 10.9 Å². The van der Waals surface area contributed by atoms with Crippen LogP contribution >= 0.6 is 0 Å². The van der Waals surface area contributed by atoms with Gasteiger partial charge in [0.1, 0.15) is 6.54 Å². The molecule has 0 radical (unpaired) electrons. The van der Waals surface area contributed by atoms with Crippen molar-refractivity contribution in [2.24, 2.45) is 0 Å². The molecule has 0 aliphatic carbocycles. The van der Waals surface area contributed by atoms with Crippen LogP contribution in [0.2, 0.25) is 0 Å². The van der Waals surface area contributed by atoms with Crippen molar-refractivity contribution in [2.45, 2.75) is 20.4 Å². The summed E-state index contributed by atoms with van der Waals surface area (Å²) >= 11 is 0. The Morgan fingerprint density at radius 2 is 1.73 bits per heavy atom. The molecule has 0 saturated carbocycles. The van der Waals surface area contributed by atoms with Crippen LogP contribution in [0.3, 0.4) is 0 Å². The fraction of sp³-hybridized carbons (Fsp3) is 0.318. The zero-order valence-corrected chi connectivity index (χ0v) is 15.5. The molecule has 2 heterocycles. The number of fused-ring (bicyclic) bond motifs is 1. The van der Waals surface area contributed by atoms with Gasteiger partial charge in [-0.3, -0.25) is 4.79 Å². The third kappa shape index (κ3) is 3.19. The lowest BCUT2D eigenvalue weighted by Gasteiger charge is -2.37. The molecule has 1 aliphatic rings. The van der Waals surface area contributed by atoms with E-state index in [4.69, 9.17) is 0 Å². The van der Waals surface area contributed by atoms with Gasteiger partial charge in [0.25, 0.3) is 0 Å². The number of anilines is 1. The van der Waals surface area contributed by atoms with Crippen molar-refractivity contribution in [1.29, 1.82) is 0 Å². The highest BCUT2D eigenvalue weighted by Gasteiger charge is 2.22. The predicted molar refractivity (Wildman–Crippen MR) is 107 cm³/mol. The minimum atomic E-state index is 0.201. The molecular formula is C22H25N3O. The second kappa shape index (κ2) is 6.87. The van der Waals surface area contributed by atoms with Gasteiger partial charge in [0.15, 0.2) is 0 Å². The first-order valence-corrected chi connectivity index (χ1v) is 9.26. The molecule has 0 atom stereocenters. The summed E-state index contributed by atoms with van der Waals surface area (Å²) in [7, 11) is 0. The third-order valence-corrected chi connectivity index (χ3v) is 5.32. The first-order valence-electron chi connectivity index (χ1n) is 9.26. The average molecular weight is 347 g/mol. The van der Waals surface area contributed by atoms with Crippen molar-refractivity contribution in [2.75, 3.05) is 31.1 Å². The maximum absolute atomic E-state index is 12.8. The van der Waals surface area contributed by atoms with Crippen LogP contribution in [0, 0.1) is 13.8 Å². The summed E-state index contributed by atoms with van der Waals surface area (Å²) in [6.45, 7) is 8.05. The lowest BCUT2D eigenvalue weighted by molar-refractivity contribution is -0.132. The van der Waals surface area contributed by atoms with Gasteiger partial charge >= 0.3 is 0 Å². The Bertz CT molecular complexity index is 935. The summed E-state index contributed by atoms with van der Waals surface area (Å²) in [6.07, 6.45) is 2.01. The number of hydrogen-bond acceptors (Lipinski definition) is 2. The van der Waals surface area contributed by atoms with E-state index in [2.05, 4.69) is 59.7 Å². The molecular weight excluding hydrogens is 322 g/mol. The van der Waals surface area contributed by atoms with Gasteiger partial charge in [-0.05, 0) is 48.6 Å². The van der Waals surface area contributed by atoms with E-state index in [0.29, 0.717) is 6.54 Å². The zero-order chi connectivity index (χ0) is 18.1. The molecule has 0 N–H and O–H groups in total. The quantitative estimate of drug-likeness (QED) is 0.724. The number of aryl methyl sites for hydroxylation is 2. The van der Waals surface area contributed by atoms with Crippen molar-refractivity contribution >= 4 is 22.5 Å². The van der Waals surface area contributed by atoms with Crippen LogP contribution in [-0.4, -0.2) is 41.6 Å². The van der Waals surface area contributed by atoms with Gasteiger partial charge in [-0.25, -0.2) is 0 Å². The van der Waals surface area contributed by atoms with E-state index in [1.807, 2.05) is 23.2 Å². The molecule has 1 amide bonds. The molecule has 1 saturated heterocycles. The molecule has 1 fully saturated rings. The Morgan fingerprint density at radius 1 is 0.962 bits per heavy atom. The lowest BCUT2D eigenvalue weighted by Crippen LogP contribution is -2.49. The summed E-state index contributed by atoms with van der Waals surface area (Å²) in [4.78, 5) is 17.2. The van der Waals surface area contributed by atoms with Crippen molar-refractivity contribution in [3.05, 3.63) is 65.9 Å². The van der Waals surface area contributed by atoms with Crippen LogP contribution < -0.4 is 4.90 Å². The largest absolute Gasteiger partial charge is 0.368 e. The average Bonchev–Trinajstić information content (AvgIpc) is 3.07. The topological polar surface area (TPSA) is 28.5 Å². The number of amides is 1.